The summed E-state index contributed by atoms with van der Waals surface area (Å²) in [7, 11) is 0. The van der Waals surface area contributed by atoms with E-state index in [1.165, 1.54) is 0 Å². The Balaban J connectivity index is 3.07. The summed E-state index contributed by atoms with van der Waals surface area (Å²) in [4.78, 5) is 0. The largest absolute Gasteiger partial charge is 0.312 e. The van der Waals surface area contributed by atoms with Crippen LogP contribution in [0.3, 0.4) is 0 Å². The molecule has 11 heavy (non-hydrogen) atoms. The van der Waals surface area contributed by atoms with Gasteiger partial charge in [0.25, 0.3) is 0 Å². The Morgan fingerprint density at radius 1 is 1.45 bits per heavy atom. The van der Waals surface area contributed by atoms with E-state index in [-0.39, 0.29) is 0 Å². The third-order valence-electron chi connectivity index (χ3n) is 1.57. The van der Waals surface area contributed by atoms with Gasteiger partial charge in [-0.1, -0.05) is 15.9 Å². The molecule has 0 bridgehead atoms. The quantitative estimate of drug-likeness (QED) is 0.711. The van der Waals surface area contributed by atoms with Crippen LogP contribution in [0.15, 0.2) is 0 Å². The molecule has 0 aliphatic rings. The van der Waals surface area contributed by atoms with Crippen LogP contribution in [0.4, 0.5) is 0 Å². The minimum Gasteiger partial charge on any atom is -0.312 e. The number of halogens is 1. The number of alkyl halides is 1. The van der Waals surface area contributed by atoms with Crippen molar-refractivity contribution >= 4 is 15.9 Å². The lowest BCUT2D eigenvalue weighted by Gasteiger charge is -2.10. The van der Waals surface area contributed by atoms with Gasteiger partial charge in [0.2, 0.25) is 0 Å². The fourth-order valence-electron chi connectivity index (χ4n) is 1.18. The zero-order chi connectivity index (χ0) is 8.43. The first-order valence-electron chi connectivity index (χ1n) is 3.63. The first-order chi connectivity index (χ1) is 5.16. The van der Waals surface area contributed by atoms with Crippen molar-refractivity contribution in [3.8, 4) is 0 Å². The van der Waals surface area contributed by atoms with Crippen molar-refractivity contribution in [3.63, 3.8) is 0 Å². The molecule has 0 aliphatic heterocycles. The molecule has 0 atom stereocenters. The number of hydrogen-bond acceptors (Lipinski definition) is 2. The Kier molecular flexibility index (Phi) is 2.65. The Bertz CT molecular complexity index is 242. The fraction of sp³-hybridized carbons (Fsp3) is 0.714. The lowest BCUT2D eigenvalue weighted by molar-refractivity contribution is 0.565. The maximum absolute atomic E-state index is 4.02. The molecule has 1 aromatic rings. The Labute approximate surface area is 75.0 Å². The second-order valence-electron chi connectivity index (χ2n) is 2.76. The standard InChI is InChI=1S/C7H12BrN3/c1-5(2)11-6(3)9-10-7(11)4-8/h5H,4H2,1-3H3. The molecule has 3 nitrogen and oxygen atoms in total. The Morgan fingerprint density at radius 2 is 2.09 bits per heavy atom. The van der Waals surface area contributed by atoms with Crippen LogP contribution in [-0.2, 0) is 5.33 Å². The van der Waals surface area contributed by atoms with Gasteiger partial charge in [-0.25, -0.2) is 0 Å². The number of aryl methyl sites for hydroxylation is 1. The number of rotatable bonds is 2. The number of nitrogens with zero attached hydrogens (tertiary/aromatic N) is 3. The van der Waals surface area contributed by atoms with E-state index in [4.69, 9.17) is 0 Å². The first kappa shape index (κ1) is 8.71. The van der Waals surface area contributed by atoms with Crippen molar-refractivity contribution in [1.82, 2.24) is 14.8 Å². The predicted octanol–water partition coefficient (Wildman–Crippen LogP) is 2.06. The number of hydrogen-bond donors (Lipinski definition) is 0. The molecule has 0 radical (unpaired) electrons. The first-order valence-corrected chi connectivity index (χ1v) is 4.75. The zero-order valence-corrected chi connectivity index (χ0v) is 8.59. The summed E-state index contributed by atoms with van der Waals surface area (Å²) in [5.74, 6) is 1.98. The van der Waals surface area contributed by atoms with Crippen molar-refractivity contribution in [2.24, 2.45) is 0 Å². The molecule has 0 unspecified atom stereocenters. The smallest absolute Gasteiger partial charge is 0.143 e. The summed E-state index contributed by atoms with van der Waals surface area (Å²) in [6.45, 7) is 6.23. The van der Waals surface area contributed by atoms with Crippen LogP contribution in [0.25, 0.3) is 0 Å². The van der Waals surface area contributed by atoms with E-state index in [2.05, 4.69) is 44.5 Å². The molecule has 0 saturated heterocycles. The van der Waals surface area contributed by atoms with Gasteiger partial charge in [0.05, 0.1) is 5.33 Å². The average Bonchev–Trinajstić information content (AvgIpc) is 2.30. The summed E-state index contributed by atoms with van der Waals surface area (Å²) in [5.41, 5.74) is 0. The average molecular weight is 218 g/mol. The van der Waals surface area contributed by atoms with Gasteiger partial charge in [0.15, 0.2) is 0 Å². The lowest BCUT2D eigenvalue weighted by Crippen LogP contribution is -2.06. The highest BCUT2D eigenvalue weighted by Crippen LogP contribution is 2.12. The third-order valence-corrected chi connectivity index (χ3v) is 2.07. The molecular weight excluding hydrogens is 206 g/mol. The van der Waals surface area contributed by atoms with E-state index >= 15 is 0 Å². The topological polar surface area (TPSA) is 30.7 Å². The van der Waals surface area contributed by atoms with E-state index in [1.807, 2.05) is 6.92 Å². The van der Waals surface area contributed by atoms with Crippen LogP contribution in [0.1, 0.15) is 31.5 Å². The minimum absolute atomic E-state index is 0.442. The van der Waals surface area contributed by atoms with Crippen LogP contribution in [-0.4, -0.2) is 14.8 Å². The van der Waals surface area contributed by atoms with E-state index in [9.17, 15) is 0 Å². The molecule has 0 aliphatic carbocycles. The Morgan fingerprint density at radius 3 is 2.45 bits per heavy atom. The van der Waals surface area contributed by atoms with Crippen molar-refractivity contribution < 1.29 is 0 Å². The Hall–Kier alpha value is -0.380. The summed E-state index contributed by atoms with van der Waals surface area (Å²) in [6.07, 6.45) is 0. The maximum Gasteiger partial charge on any atom is 0.143 e. The second-order valence-corrected chi connectivity index (χ2v) is 3.32. The zero-order valence-electron chi connectivity index (χ0n) is 7.00. The van der Waals surface area contributed by atoms with Gasteiger partial charge in [0.1, 0.15) is 11.6 Å². The number of aromatic nitrogens is 3. The van der Waals surface area contributed by atoms with Gasteiger partial charge in [-0.15, -0.1) is 10.2 Å². The highest BCUT2D eigenvalue weighted by atomic mass is 79.9. The minimum atomic E-state index is 0.442. The SMILES string of the molecule is Cc1nnc(CBr)n1C(C)C. The van der Waals surface area contributed by atoms with E-state index in [1.54, 1.807) is 0 Å². The van der Waals surface area contributed by atoms with Crippen molar-refractivity contribution in [3.05, 3.63) is 11.6 Å². The van der Waals surface area contributed by atoms with Gasteiger partial charge < -0.3 is 4.57 Å². The molecule has 1 aromatic heterocycles. The van der Waals surface area contributed by atoms with Crippen LogP contribution < -0.4 is 0 Å². The van der Waals surface area contributed by atoms with E-state index < -0.39 is 0 Å². The molecule has 0 fully saturated rings. The van der Waals surface area contributed by atoms with Crippen molar-refractivity contribution in [2.45, 2.75) is 32.1 Å². The normalized spacial score (nSPS) is 11.0. The van der Waals surface area contributed by atoms with Crippen molar-refractivity contribution in [1.29, 1.82) is 0 Å². The molecule has 62 valence electrons. The molecule has 0 saturated carbocycles. The van der Waals surface area contributed by atoms with Crippen LogP contribution in [0, 0.1) is 6.92 Å². The molecule has 0 amide bonds. The van der Waals surface area contributed by atoms with Crippen molar-refractivity contribution in [2.75, 3.05) is 0 Å². The molecule has 4 heteroatoms. The lowest BCUT2D eigenvalue weighted by atomic mass is 10.4. The van der Waals surface area contributed by atoms with Gasteiger partial charge >= 0.3 is 0 Å². The van der Waals surface area contributed by atoms with Gasteiger partial charge in [0, 0.05) is 6.04 Å². The maximum atomic E-state index is 4.02. The molecule has 1 rings (SSSR count). The fourth-order valence-corrected chi connectivity index (χ4v) is 1.56. The summed E-state index contributed by atoms with van der Waals surface area (Å²) >= 11 is 3.37. The van der Waals surface area contributed by atoms with Gasteiger partial charge in [-0.05, 0) is 20.8 Å². The van der Waals surface area contributed by atoms with E-state index in [0.29, 0.717) is 6.04 Å². The second kappa shape index (κ2) is 3.34. The molecule has 0 N–H and O–H groups in total. The molecule has 0 aromatic carbocycles. The highest BCUT2D eigenvalue weighted by Gasteiger charge is 2.09. The highest BCUT2D eigenvalue weighted by molar-refractivity contribution is 9.08. The van der Waals surface area contributed by atoms with Gasteiger partial charge in [-0.3, -0.25) is 0 Å². The molecule has 1 heterocycles. The monoisotopic (exact) mass is 217 g/mol. The summed E-state index contributed by atoms with van der Waals surface area (Å²) in [6, 6.07) is 0.442. The molecule has 0 spiro atoms. The summed E-state index contributed by atoms with van der Waals surface area (Å²) < 4.78 is 2.12. The van der Waals surface area contributed by atoms with Crippen LogP contribution >= 0.6 is 15.9 Å². The van der Waals surface area contributed by atoms with E-state index in [0.717, 1.165) is 17.0 Å². The van der Waals surface area contributed by atoms with Crippen LogP contribution in [0.2, 0.25) is 0 Å². The summed E-state index contributed by atoms with van der Waals surface area (Å²) in [5, 5.41) is 8.78. The van der Waals surface area contributed by atoms with Crippen LogP contribution in [0.5, 0.6) is 0 Å². The van der Waals surface area contributed by atoms with Gasteiger partial charge in [-0.2, -0.15) is 0 Å². The third kappa shape index (κ3) is 1.61. The molecular formula is C7H12BrN3. The predicted molar refractivity (Wildman–Crippen MR) is 47.8 cm³/mol.